The molecule has 21 heavy (non-hydrogen) atoms. The van der Waals surface area contributed by atoms with Gasteiger partial charge < -0.3 is 9.73 Å². The van der Waals surface area contributed by atoms with Crippen LogP contribution in [0, 0.1) is 5.82 Å². The lowest BCUT2D eigenvalue weighted by molar-refractivity contribution is 0.456. The van der Waals surface area contributed by atoms with Crippen LogP contribution in [0.3, 0.4) is 0 Å². The summed E-state index contributed by atoms with van der Waals surface area (Å²) in [4.78, 5) is -0.299. The van der Waals surface area contributed by atoms with Gasteiger partial charge in [0.15, 0.2) is 9.84 Å². The Morgan fingerprint density at radius 1 is 1.14 bits per heavy atom. The third kappa shape index (κ3) is 4.15. The molecule has 2 rings (SSSR count). The highest BCUT2D eigenvalue weighted by molar-refractivity contribution is 7.90. The number of sulfone groups is 1. The first kappa shape index (κ1) is 15.7. The van der Waals surface area contributed by atoms with Gasteiger partial charge in [-0.2, -0.15) is 0 Å². The molecule has 0 aliphatic heterocycles. The first-order chi connectivity index (χ1) is 10.0. The second-order valence-electron chi connectivity index (χ2n) is 4.73. The van der Waals surface area contributed by atoms with E-state index in [1.54, 1.807) is 12.1 Å². The zero-order chi connectivity index (χ0) is 15.3. The average molecular weight is 311 g/mol. The molecule has 1 N–H and O–H groups in total. The summed E-state index contributed by atoms with van der Waals surface area (Å²) in [5.74, 6) is -0.107. The molecule has 0 bridgehead atoms. The highest BCUT2D eigenvalue weighted by Crippen LogP contribution is 2.20. The van der Waals surface area contributed by atoms with Crippen molar-refractivity contribution < 1.29 is 17.2 Å². The van der Waals surface area contributed by atoms with Gasteiger partial charge in [0.05, 0.1) is 6.54 Å². The maximum absolute atomic E-state index is 13.6. The number of hydrogen-bond donors (Lipinski definition) is 1. The number of nitrogens with one attached hydrogen (secondary N) is 1. The molecule has 0 saturated carbocycles. The van der Waals surface area contributed by atoms with Crippen LogP contribution < -0.4 is 5.32 Å². The second-order valence-corrected chi connectivity index (χ2v) is 6.69. The Bertz CT molecular complexity index is 694. The van der Waals surface area contributed by atoms with Crippen molar-refractivity contribution in [1.82, 2.24) is 5.32 Å². The fourth-order valence-electron chi connectivity index (χ4n) is 1.95. The molecular weight excluding hydrogens is 293 g/mol. The SMILES string of the molecule is CCCNCc1ccc(CS(=O)(=O)c2ccccc2F)o1. The molecule has 0 aliphatic carbocycles. The summed E-state index contributed by atoms with van der Waals surface area (Å²) in [6.07, 6.45) is 1.01. The van der Waals surface area contributed by atoms with Gasteiger partial charge in [-0.25, -0.2) is 12.8 Å². The molecule has 0 atom stereocenters. The predicted molar refractivity (Wildman–Crippen MR) is 78.0 cm³/mol. The van der Waals surface area contributed by atoms with Crippen LogP contribution in [0.15, 0.2) is 45.7 Å². The molecule has 2 aromatic rings. The van der Waals surface area contributed by atoms with Crippen LogP contribution >= 0.6 is 0 Å². The zero-order valence-corrected chi connectivity index (χ0v) is 12.6. The van der Waals surface area contributed by atoms with Gasteiger partial charge in [0.2, 0.25) is 0 Å². The Labute approximate surface area is 123 Å². The Balaban J connectivity index is 2.09. The smallest absolute Gasteiger partial charge is 0.188 e. The molecule has 6 heteroatoms. The van der Waals surface area contributed by atoms with Crippen molar-refractivity contribution in [2.45, 2.75) is 30.5 Å². The van der Waals surface area contributed by atoms with Crippen molar-refractivity contribution >= 4 is 9.84 Å². The second kappa shape index (κ2) is 6.87. The van der Waals surface area contributed by atoms with Gasteiger partial charge in [-0.05, 0) is 37.2 Å². The summed E-state index contributed by atoms with van der Waals surface area (Å²) in [5, 5.41) is 3.17. The zero-order valence-electron chi connectivity index (χ0n) is 11.8. The summed E-state index contributed by atoms with van der Waals surface area (Å²) in [7, 11) is -3.74. The molecular formula is C15H18FNO3S. The topological polar surface area (TPSA) is 59.3 Å². The van der Waals surface area contributed by atoms with Crippen LogP contribution in [-0.4, -0.2) is 15.0 Å². The summed E-state index contributed by atoms with van der Waals surface area (Å²) in [6.45, 7) is 3.47. The van der Waals surface area contributed by atoms with Crippen molar-refractivity contribution in [3.63, 3.8) is 0 Å². The van der Waals surface area contributed by atoms with Crippen molar-refractivity contribution in [3.05, 3.63) is 53.7 Å². The normalized spacial score (nSPS) is 11.7. The molecule has 4 nitrogen and oxygen atoms in total. The fraction of sp³-hybridized carbons (Fsp3) is 0.333. The molecule has 0 aliphatic rings. The van der Waals surface area contributed by atoms with E-state index in [2.05, 4.69) is 12.2 Å². The maximum atomic E-state index is 13.6. The van der Waals surface area contributed by atoms with E-state index in [1.807, 2.05) is 0 Å². The molecule has 1 aromatic carbocycles. The number of rotatable bonds is 7. The van der Waals surface area contributed by atoms with Crippen LogP contribution in [-0.2, 0) is 22.1 Å². The van der Waals surface area contributed by atoms with E-state index in [4.69, 9.17) is 4.42 Å². The van der Waals surface area contributed by atoms with E-state index in [0.717, 1.165) is 19.0 Å². The van der Waals surface area contributed by atoms with Crippen molar-refractivity contribution in [3.8, 4) is 0 Å². The maximum Gasteiger partial charge on any atom is 0.188 e. The molecule has 0 unspecified atom stereocenters. The highest BCUT2D eigenvalue weighted by atomic mass is 32.2. The first-order valence-corrected chi connectivity index (χ1v) is 8.43. The Kier molecular flexibility index (Phi) is 5.14. The molecule has 0 saturated heterocycles. The van der Waals surface area contributed by atoms with E-state index >= 15 is 0 Å². The minimum atomic E-state index is -3.74. The van der Waals surface area contributed by atoms with E-state index in [9.17, 15) is 12.8 Å². The third-order valence-electron chi connectivity index (χ3n) is 2.95. The fourth-order valence-corrected chi connectivity index (χ4v) is 3.28. The van der Waals surface area contributed by atoms with Gasteiger partial charge in [-0.1, -0.05) is 19.1 Å². The monoisotopic (exact) mass is 311 g/mol. The largest absolute Gasteiger partial charge is 0.464 e. The Morgan fingerprint density at radius 3 is 2.57 bits per heavy atom. The Hall–Kier alpha value is -1.66. The van der Waals surface area contributed by atoms with E-state index in [0.29, 0.717) is 18.1 Å². The van der Waals surface area contributed by atoms with Gasteiger partial charge >= 0.3 is 0 Å². The average Bonchev–Trinajstić information content (AvgIpc) is 2.86. The summed E-state index contributed by atoms with van der Waals surface area (Å²) < 4.78 is 43.4. The molecule has 0 amide bonds. The van der Waals surface area contributed by atoms with Gasteiger partial charge in [-0.3, -0.25) is 0 Å². The first-order valence-electron chi connectivity index (χ1n) is 6.78. The molecule has 1 heterocycles. The lowest BCUT2D eigenvalue weighted by Gasteiger charge is -2.04. The van der Waals surface area contributed by atoms with Gasteiger partial charge in [0.25, 0.3) is 0 Å². The lowest BCUT2D eigenvalue weighted by Crippen LogP contribution is -2.13. The van der Waals surface area contributed by atoms with E-state index < -0.39 is 15.7 Å². The predicted octanol–water partition coefficient (Wildman–Crippen LogP) is 2.89. The summed E-state index contributed by atoms with van der Waals surface area (Å²) in [6, 6.07) is 8.69. The van der Waals surface area contributed by atoms with Crippen molar-refractivity contribution in [2.24, 2.45) is 0 Å². The molecule has 0 spiro atoms. The third-order valence-corrected chi connectivity index (χ3v) is 4.61. The van der Waals surface area contributed by atoms with E-state index in [1.165, 1.54) is 18.2 Å². The summed E-state index contributed by atoms with van der Waals surface area (Å²) >= 11 is 0. The quantitative estimate of drug-likeness (QED) is 0.799. The van der Waals surface area contributed by atoms with Crippen LogP contribution in [0.5, 0.6) is 0 Å². The molecule has 0 radical (unpaired) electrons. The molecule has 114 valence electrons. The number of benzene rings is 1. The number of furan rings is 1. The number of halogens is 1. The van der Waals surface area contributed by atoms with E-state index in [-0.39, 0.29) is 10.6 Å². The van der Waals surface area contributed by atoms with Crippen molar-refractivity contribution in [1.29, 1.82) is 0 Å². The lowest BCUT2D eigenvalue weighted by atomic mass is 10.3. The van der Waals surface area contributed by atoms with Crippen LogP contribution in [0.1, 0.15) is 24.9 Å². The van der Waals surface area contributed by atoms with Crippen LogP contribution in [0.25, 0.3) is 0 Å². The van der Waals surface area contributed by atoms with Crippen molar-refractivity contribution in [2.75, 3.05) is 6.54 Å². The standard InChI is InChI=1S/C15H18FNO3S/c1-2-9-17-10-12-7-8-13(20-12)11-21(18,19)15-6-4-3-5-14(15)16/h3-8,17H,2,9-11H2,1H3. The molecule has 1 aromatic heterocycles. The van der Waals surface area contributed by atoms with Crippen LogP contribution in [0.4, 0.5) is 4.39 Å². The minimum absolute atomic E-state index is 0.299. The number of hydrogen-bond acceptors (Lipinski definition) is 4. The molecule has 0 fully saturated rings. The van der Waals surface area contributed by atoms with Crippen LogP contribution in [0.2, 0.25) is 0 Å². The minimum Gasteiger partial charge on any atom is -0.464 e. The Morgan fingerprint density at radius 2 is 1.86 bits per heavy atom. The van der Waals surface area contributed by atoms with Gasteiger partial charge in [0.1, 0.15) is 28.0 Å². The summed E-state index contributed by atoms with van der Waals surface area (Å²) in [5.41, 5.74) is 0. The van der Waals surface area contributed by atoms with Gasteiger partial charge in [0, 0.05) is 0 Å². The van der Waals surface area contributed by atoms with Gasteiger partial charge in [-0.15, -0.1) is 0 Å². The highest BCUT2D eigenvalue weighted by Gasteiger charge is 2.21.